The molecule has 1 aromatic carbocycles. The number of aliphatic hydroxyl groups excluding tert-OH is 1. The van der Waals surface area contributed by atoms with Crippen LogP contribution in [0.15, 0.2) is 24.3 Å². The highest BCUT2D eigenvalue weighted by atomic mass is 16.5. The van der Waals surface area contributed by atoms with Gasteiger partial charge in [-0.05, 0) is 43.4 Å². The van der Waals surface area contributed by atoms with Gasteiger partial charge >= 0.3 is 0 Å². The fraction of sp³-hybridized carbons (Fsp3) is 0.667. The standard InChI is InChI=1S/C18H30O2/c1-2-3-4-9-16-20-18-13-11-17(12-14-18)10-7-5-6-8-15-19/h11-14,19H,2-10,15-16H2,1H3. The van der Waals surface area contributed by atoms with Crippen molar-refractivity contribution in [3.05, 3.63) is 29.8 Å². The molecule has 0 bridgehead atoms. The molecule has 1 aromatic rings. The van der Waals surface area contributed by atoms with E-state index in [1.807, 2.05) is 0 Å². The molecule has 0 saturated heterocycles. The Labute approximate surface area is 124 Å². The third-order valence-corrected chi connectivity index (χ3v) is 3.56. The van der Waals surface area contributed by atoms with Crippen LogP contribution in [0.1, 0.15) is 63.9 Å². The predicted molar refractivity (Wildman–Crippen MR) is 85.3 cm³/mol. The van der Waals surface area contributed by atoms with Gasteiger partial charge in [0.25, 0.3) is 0 Å². The first kappa shape index (κ1) is 17.0. The van der Waals surface area contributed by atoms with E-state index >= 15 is 0 Å². The van der Waals surface area contributed by atoms with Crippen LogP contribution in [0.5, 0.6) is 5.75 Å². The number of unbranched alkanes of at least 4 members (excludes halogenated alkanes) is 6. The summed E-state index contributed by atoms with van der Waals surface area (Å²) < 4.78 is 5.74. The van der Waals surface area contributed by atoms with E-state index in [-0.39, 0.29) is 0 Å². The lowest BCUT2D eigenvalue weighted by atomic mass is 10.1. The van der Waals surface area contributed by atoms with Gasteiger partial charge in [-0.15, -0.1) is 0 Å². The highest BCUT2D eigenvalue weighted by Crippen LogP contribution is 2.15. The maximum atomic E-state index is 8.72. The monoisotopic (exact) mass is 278 g/mol. The fourth-order valence-electron chi connectivity index (χ4n) is 2.27. The third-order valence-electron chi connectivity index (χ3n) is 3.56. The minimum Gasteiger partial charge on any atom is -0.494 e. The largest absolute Gasteiger partial charge is 0.494 e. The Balaban J connectivity index is 2.13. The van der Waals surface area contributed by atoms with Crippen LogP contribution in [0.25, 0.3) is 0 Å². The molecule has 0 aliphatic heterocycles. The Morgan fingerprint density at radius 2 is 1.55 bits per heavy atom. The van der Waals surface area contributed by atoms with Crippen LogP contribution < -0.4 is 4.74 Å². The molecule has 1 rings (SSSR count). The van der Waals surface area contributed by atoms with E-state index in [1.54, 1.807) is 0 Å². The van der Waals surface area contributed by atoms with Crippen molar-refractivity contribution in [2.45, 2.75) is 64.7 Å². The van der Waals surface area contributed by atoms with Crippen LogP contribution in [0.3, 0.4) is 0 Å². The molecule has 0 saturated carbocycles. The van der Waals surface area contributed by atoms with E-state index in [1.165, 1.54) is 37.7 Å². The molecule has 0 amide bonds. The highest BCUT2D eigenvalue weighted by molar-refractivity contribution is 5.27. The second kappa shape index (κ2) is 11.8. The van der Waals surface area contributed by atoms with E-state index in [9.17, 15) is 0 Å². The van der Waals surface area contributed by atoms with Crippen molar-refractivity contribution in [2.75, 3.05) is 13.2 Å². The minimum atomic E-state index is 0.324. The summed E-state index contributed by atoms with van der Waals surface area (Å²) >= 11 is 0. The molecule has 0 heterocycles. The van der Waals surface area contributed by atoms with Gasteiger partial charge in [0.05, 0.1) is 6.61 Å². The van der Waals surface area contributed by atoms with Gasteiger partial charge in [0.15, 0.2) is 0 Å². The molecule has 2 nitrogen and oxygen atoms in total. The number of aliphatic hydroxyl groups is 1. The number of hydrogen-bond acceptors (Lipinski definition) is 2. The van der Waals surface area contributed by atoms with Crippen molar-refractivity contribution in [2.24, 2.45) is 0 Å². The number of hydrogen-bond donors (Lipinski definition) is 1. The Kier molecular flexibility index (Phi) is 10.0. The molecule has 0 unspecified atom stereocenters. The minimum absolute atomic E-state index is 0.324. The normalized spacial score (nSPS) is 10.7. The Bertz CT molecular complexity index is 286. The van der Waals surface area contributed by atoms with Gasteiger partial charge in [-0.1, -0.05) is 51.2 Å². The first-order valence-electron chi connectivity index (χ1n) is 8.19. The number of rotatable bonds is 12. The predicted octanol–water partition coefficient (Wildman–Crippen LogP) is 4.74. The van der Waals surface area contributed by atoms with Gasteiger partial charge in [0.1, 0.15) is 5.75 Å². The average Bonchev–Trinajstić information content (AvgIpc) is 2.48. The van der Waals surface area contributed by atoms with Gasteiger partial charge in [-0.25, -0.2) is 0 Å². The second-order valence-electron chi connectivity index (χ2n) is 5.44. The first-order valence-corrected chi connectivity index (χ1v) is 8.19. The van der Waals surface area contributed by atoms with E-state index in [0.717, 1.165) is 38.0 Å². The van der Waals surface area contributed by atoms with Gasteiger partial charge in [-0.2, -0.15) is 0 Å². The van der Waals surface area contributed by atoms with Crippen molar-refractivity contribution in [3.8, 4) is 5.75 Å². The molecule has 114 valence electrons. The molecule has 20 heavy (non-hydrogen) atoms. The maximum Gasteiger partial charge on any atom is 0.119 e. The quantitative estimate of drug-likeness (QED) is 0.559. The molecule has 2 heteroatoms. The van der Waals surface area contributed by atoms with Crippen LogP contribution >= 0.6 is 0 Å². The van der Waals surface area contributed by atoms with Gasteiger partial charge in [0.2, 0.25) is 0 Å². The van der Waals surface area contributed by atoms with E-state index in [2.05, 4.69) is 31.2 Å². The zero-order chi connectivity index (χ0) is 14.5. The van der Waals surface area contributed by atoms with Gasteiger partial charge in [0, 0.05) is 6.61 Å². The Hall–Kier alpha value is -1.02. The summed E-state index contributed by atoms with van der Waals surface area (Å²) in [5.41, 5.74) is 1.38. The smallest absolute Gasteiger partial charge is 0.119 e. The Morgan fingerprint density at radius 3 is 2.25 bits per heavy atom. The van der Waals surface area contributed by atoms with Crippen LogP contribution in [0.4, 0.5) is 0 Å². The lowest BCUT2D eigenvalue weighted by Crippen LogP contribution is -1.97. The van der Waals surface area contributed by atoms with Crippen molar-refractivity contribution in [3.63, 3.8) is 0 Å². The van der Waals surface area contributed by atoms with Crippen LogP contribution in [0.2, 0.25) is 0 Å². The molecular formula is C18H30O2. The van der Waals surface area contributed by atoms with Crippen LogP contribution in [-0.2, 0) is 6.42 Å². The molecule has 0 spiro atoms. The molecule has 0 atom stereocenters. The zero-order valence-electron chi connectivity index (χ0n) is 12.9. The molecule has 0 aromatic heterocycles. The Morgan fingerprint density at radius 1 is 0.850 bits per heavy atom. The third kappa shape index (κ3) is 8.21. The lowest BCUT2D eigenvalue weighted by molar-refractivity contribution is 0.282. The van der Waals surface area contributed by atoms with Crippen LogP contribution in [0, 0.1) is 0 Å². The average molecular weight is 278 g/mol. The summed E-state index contributed by atoms with van der Waals surface area (Å²) in [5, 5.41) is 8.72. The fourth-order valence-corrected chi connectivity index (χ4v) is 2.27. The maximum absolute atomic E-state index is 8.72. The van der Waals surface area contributed by atoms with E-state index < -0.39 is 0 Å². The molecular weight excluding hydrogens is 248 g/mol. The lowest BCUT2D eigenvalue weighted by Gasteiger charge is -2.07. The van der Waals surface area contributed by atoms with Crippen molar-refractivity contribution in [1.29, 1.82) is 0 Å². The second-order valence-corrected chi connectivity index (χ2v) is 5.44. The topological polar surface area (TPSA) is 29.5 Å². The summed E-state index contributed by atoms with van der Waals surface area (Å²) in [6, 6.07) is 8.52. The number of benzene rings is 1. The zero-order valence-corrected chi connectivity index (χ0v) is 12.9. The van der Waals surface area contributed by atoms with E-state index in [4.69, 9.17) is 9.84 Å². The summed E-state index contributed by atoms with van der Waals surface area (Å²) in [4.78, 5) is 0. The van der Waals surface area contributed by atoms with Crippen molar-refractivity contribution in [1.82, 2.24) is 0 Å². The molecule has 0 fully saturated rings. The summed E-state index contributed by atoms with van der Waals surface area (Å²) in [6.07, 6.45) is 10.6. The van der Waals surface area contributed by atoms with E-state index in [0.29, 0.717) is 6.61 Å². The highest BCUT2D eigenvalue weighted by Gasteiger charge is 1.97. The number of aryl methyl sites for hydroxylation is 1. The molecule has 0 aliphatic carbocycles. The first-order chi connectivity index (χ1) is 9.86. The summed E-state index contributed by atoms with van der Waals surface area (Å²) in [6.45, 7) is 3.38. The summed E-state index contributed by atoms with van der Waals surface area (Å²) in [5.74, 6) is 0.991. The SMILES string of the molecule is CCCCCCOc1ccc(CCCCCCO)cc1. The molecule has 0 aliphatic rings. The van der Waals surface area contributed by atoms with Gasteiger partial charge < -0.3 is 9.84 Å². The van der Waals surface area contributed by atoms with Crippen molar-refractivity contribution >= 4 is 0 Å². The van der Waals surface area contributed by atoms with Gasteiger partial charge in [-0.3, -0.25) is 0 Å². The van der Waals surface area contributed by atoms with Crippen molar-refractivity contribution < 1.29 is 9.84 Å². The molecule has 1 N–H and O–H groups in total. The van der Waals surface area contributed by atoms with Crippen LogP contribution in [-0.4, -0.2) is 18.3 Å². The summed E-state index contributed by atoms with van der Waals surface area (Å²) in [7, 11) is 0. The number of ether oxygens (including phenoxy) is 1. The molecule has 0 radical (unpaired) electrons.